The van der Waals surface area contributed by atoms with E-state index in [1.54, 1.807) is 11.3 Å². The first-order valence-corrected chi connectivity index (χ1v) is 6.69. The highest BCUT2D eigenvalue weighted by molar-refractivity contribution is 7.10. The van der Waals surface area contributed by atoms with E-state index < -0.39 is 0 Å². The molecular weight excluding hydrogens is 244 g/mol. The van der Waals surface area contributed by atoms with E-state index in [9.17, 15) is 5.21 Å². The molecular formula is C14H14N2OS. The monoisotopic (exact) mass is 258 g/mol. The average Bonchev–Trinajstić information content (AvgIpc) is 2.99. The first-order valence-electron chi connectivity index (χ1n) is 5.81. The molecule has 3 N–H and O–H groups in total. The van der Waals surface area contributed by atoms with Crippen LogP contribution in [0.2, 0.25) is 0 Å². The second-order valence-corrected chi connectivity index (χ2v) is 5.27. The number of hydroxylamine groups is 1. The SMILES string of the molecule is Cc1[nH]c2ccccc2c1C(NO)c1cccs1. The van der Waals surface area contributed by atoms with Crippen LogP contribution in [0, 0.1) is 6.92 Å². The number of nitrogens with one attached hydrogen (secondary N) is 2. The molecule has 0 bridgehead atoms. The Morgan fingerprint density at radius 2 is 2.06 bits per heavy atom. The van der Waals surface area contributed by atoms with Gasteiger partial charge in [0.1, 0.15) is 0 Å². The van der Waals surface area contributed by atoms with Crippen LogP contribution >= 0.6 is 11.3 Å². The van der Waals surface area contributed by atoms with Crippen molar-refractivity contribution in [2.45, 2.75) is 13.0 Å². The number of fused-ring (bicyclic) bond motifs is 1. The van der Waals surface area contributed by atoms with E-state index in [1.807, 2.05) is 36.6 Å². The second-order valence-electron chi connectivity index (χ2n) is 4.29. The summed E-state index contributed by atoms with van der Waals surface area (Å²) in [6.07, 6.45) is 0. The summed E-state index contributed by atoms with van der Waals surface area (Å²) >= 11 is 1.63. The second kappa shape index (κ2) is 4.57. The zero-order valence-corrected chi connectivity index (χ0v) is 10.8. The molecule has 0 aliphatic heterocycles. The van der Waals surface area contributed by atoms with Gasteiger partial charge in [-0.3, -0.25) is 0 Å². The van der Waals surface area contributed by atoms with Gasteiger partial charge >= 0.3 is 0 Å². The molecule has 3 rings (SSSR count). The molecule has 0 saturated carbocycles. The summed E-state index contributed by atoms with van der Waals surface area (Å²) in [7, 11) is 0. The fraction of sp³-hybridized carbons (Fsp3) is 0.143. The number of thiophene rings is 1. The van der Waals surface area contributed by atoms with E-state index in [0.717, 1.165) is 27.0 Å². The third kappa shape index (κ3) is 1.75. The minimum Gasteiger partial charge on any atom is -0.358 e. The van der Waals surface area contributed by atoms with E-state index in [4.69, 9.17) is 0 Å². The van der Waals surface area contributed by atoms with Gasteiger partial charge < -0.3 is 10.2 Å². The molecule has 3 nitrogen and oxygen atoms in total. The molecule has 18 heavy (non-hydrogen) atoms. The van der Waals surface area contributed by atoms with Gasteiger partial charge in [-0.25, -0.2) is 0 Å². The molecule has 3 aromatic rings. The molecule has 92 valence electrons. The zero-order chi connectivity index (χ0) is 12.5. The molecule has 2 aromatic heterocycles. The first-order chi connectivity index (χ1) is 8.81. The van der Waals surface area contributed by atoms with Crippen molar-refractivity contribution in [3.63, 3.8) is 0 Å². The predicted octanol–water partition coefficient (Wildman–Crippen LogP) is 3.61. The Kier molecular flexibility index (Phi) is 2.91. The van der Waals surface area contributed by atoms with Crippen LogP contribution in [0.25, 0.3) is 10.9 Å². The largest absolute Gasteiger partial charge is 0.358 e. The van der Waals surface area contributed by atoms with Crippen LogP contribution in [0.5, 0.6) is 0 Å². The van der Waals surface area contributed by atoms with Crippen LogP contribution in [0.4, 0.5) is 0 Å². The number of aryl methyl sites for hydroxylation is 1. The van der Waals surface area contributed by atoms with E-state index in [2.05, 4.69) is 22.6 Å². The van der Waals surface area contributed by atoms with Crippen LogP contribution in [0.3, 0.4) is 0 Å². The summed E-state index contributed by atoms with van der Waals surface area (Å²) in [5.41, 5.74) is 5.72. The van der Waals surface area contributed by atoms with Gasteiger partial charge in [-0.05, 0) is 24.4 Å². The number of rotatable bonds is 3. The standard InChI is InChI=1S/C14H14N2OS/c1-9-13(10-5-2-3-6-11(10)15-9)14(16-17)12-7-4-8-18-12/h2-8,14-17H,1H3. The van der Waals surface area contributed by atoms with Gasteiger partial charge in [0.15, 0.2) is 0 Å². The highest BCUT2D eigenvalue weighted by atomic mass is 32.1. The molecule has 1 unspecified atom stereocenters. The molecule has 0 aliphatic carbocycles. The summed E-state index contributed by atoms with van der Waals surface area (Å²) in [4.78, 5) is 4.46. The van der Waals surface area contributed by atoms with Crippen molar-refractivity contribution in [1.82, 2.24) is 10.5 Å². The van der Waals surface area contributed by atoms with E-state index in [0.29, 0.717) is 0 Å². The Labute approximate surface area is 109 Å². The topological polar surface area (TPSA) is 48.0 Å². The lowest BCUT2D eigenvalue weighted by Gasteiger charge is -2.14. The van der Waals surface area contributed by atoms with Gasteiger partial charge in [0.05, 0.1) is 6.04 Å². The molecule has 0 aliphatic rings. The number of para-hydroxylation sites is 1. The van der Waals surface area contributed by atoms with E-state index >= 15 is 0 Å². The van der Waals surface area contributed by atoms with Crippen molar-refractivity contribution in [3.8, 4) is 0 Å². The Bertz CT molecular complexity index is 658. The Morgan fingerprint density at radius 1 is 1.22 bits per heavy atom. The maximum absolute atomic E-state index is 9.50. The van der Waals surface area contributed by atoms with Gasteiger partial charge in [-0.15, -0.1) is 11.3 Å². The van der Waals surface area contributed by atoms with Gasteiger partial charge in [0.25, 0.3) is 0 Å². The number of aromatic amines is 1. The lowest BCUT2D eigenvalue weighted by atomic mass is 10.0. The Morgan fingerprint density at radius 3 is 2.78 bits per heavy atom. The number of benzene rings is 1. The molecule has 2 heterocycles. The number of hydrogen-bond donors (Lipinski definition) is 3. The summed E-state index contributed by atoms with van der Waals surface area (Å²) in [6, 6.07) is 12.0. The van der Waals surface area contributed by atoms with E-state index in [1.165, 1.54) is 0 Å². The fourth-order valence-electron chi connectivity index (χ4n) is 2.40. The van der Waals surface area contributed by atoms with Gasteiger partial charge in [-0.1, -0.05) is 24.3 Å². The van der Waals surface area contributed by atoms with Crippen molar-refractivity contribution in [2.75, 3.05) is 0 Å². The van der Waals surface area contributed by atoms with Crippen LogP contribution in [-0.2, 0) is 0 Å². The van der Waals surface area contributed by atoms with Crippen LogP contribution in [0.15, 0.2) is 41.8 Å². The molecule has 0 spiro atoms. The van der Waals surface area contributed by atoms with Gasteiger partial charge in [0, 0.05) is 27.0 Å². The predicted molar refractivity (Wildman–Crippen MR) is 74.1 cm³/mol. The average molecular weight is 258 g/mol. The van der Waals surface area contributed by atoms with Crippen LogP contribution in [0.1, 0.15) is 22.2 Å². The minimum atomic E-state index is -0.179. The van der Waals surface area contributed by atoms with Crippen molar-refractivity contribution in [3.05, 3.63) is 57.9 Å². The number of H-pyrrole nitrogens is 1. The normalized spacial score (nSPS) is 13.0. The maximum Gasteiger partial charge on any atom is 0.0934 e. The van der Waals surface area contributed by atoms with Crippen LogP contribution < -0.4 is 5.48 Å². The lowest BCUT2D eigenvalue weighted by Crippen LogP contribution is -2.17. The summed E-state index contributed by atoms with van der Waals surface area (Å²) < 4.78 is 0. The van der Waals surface area contributed by atoms with E-state index in [-0.39, 0.29) is 6.04 Å². The van der Waals surface area contributed by atoms with Gasteiger partial charge in [0.2, 0.25) is 0 Å². The molecule has 4 heteroatoms. The number of aromatic nitrogens is 1. The molecule has 0 radical (unpaired) electrons. The van der Waals surface area contributed by atoms with Crippen molar-refractivity contribution >= 4 is 22.2 Å². The van der Waals surface area contributed by atoms with Crippen LogP contribution in [-0.4, -0.2) is 10.2 Å². The number of hydrogen-bond acceptors (Lipinski definition) is 3. The molecule has 1 atom stereocenters. The minimum absolute atomic E-state index is 0.179. The summed E-state index contributed by atoms with van der Waals surface area (Å²) in [6.45, 7) is 2.04. The third-order valence-corrected chi connectivity index (χ3v) is 4.13. The summed E-state index contributed by atoms with van der Waals surface area (Å²) in [5, 5.41) is 12.7. The van der Waals surface area contributed by atoms with Crippen molar-refractivity contribution in [1.29, 1.82) is 0 Å². The fourth-order valence-corrected chi connectivity index (χ4v) is 3.17. The molecule has 1 aromatic carbocycles. The smallest absolute Gasteiger partial charge is 0.0934 e. The quantitative estimate of drug-likeness (QED) is 0.629. The molecule has 0 fully saturated rings. The molecule has 0 saturated heterocycles. The lowest BCUT2D eigenvalue weighted by molar-refractivity contribution is 0.142. The van der Waals surface area contributed by atoms with Crippen molar-refractivity contribution in [2.24, 2.45) is 0 Å². The Hall–Kier alpha value is -1.62. The van der Waals surface area contributed by atoms with Crippen molar-refractivity contribution < 1.29 is 5.21 Å². The highest BCUT2D eigenvalue weighted by Gasteiger charge is 2.20. The highest BCUT2D eigenvalue weighted by Crippen LogP contribution is 2.33. The first kappa shape index (κ1) is 11.5. The third-order valence-electron chi connectivity index (χ3n) is 3.19. The summed E-state index contributed by atoms with van der Waals surface area (Å²) in [5.74, 6) is 0. The maximum atomic E-state index is 9.50. The zero-order valence-electron chi connectivity index (χ0n) is 9.97. The Balaban J connectivity index is 2.21. The van der Waals surface area contributed by atoms with Gasteiger partial charge in [-0.2, -0.15) is 5.48 Å². The molecule has 0 amide bonds.